The Morgan fingerprint density at radius 2 is 1.70 bits per heavy atom. The van der Waals surface area contributed by atoms with Crippen molar-refractivity contribution >= 4 is 0 Å². The summed E-state index contributed by atoms with van der Waals surface area (Å²) in [5.41, 5.74) is 5.43. The third-order valence-corrected chi connectivity index (χ3v) is 3.98. The van der Waals surface area contributed by atoms with Gasteiger partial charge in [-0.3, -0.25) is 0 Å². The maximum atomic E-state index is 5.67. The SMILES string of the molecule is CCc1ccc(C(CCc2ccccc2C)OC)cc1. The van der Waals surface area contributed by atoms with Crippen LogP contribution in [0.4, 0.5) is 0 Å². The molecule has 2 rings (SSSR count). The maximum Gasteiger partial charge on any atom is 0.0824 e. The fourth-order valence-electron chi connectivity index (χ4n) is 2.57. The summed E-state index contributed by atoms with van der Waals surface area (Å²) in [6.45, 7) is 4.36. The van der Waals surface area contributed by atoms with Crippen molar-refractivity contribution in [1.82, 2.24) is 0 Å². The summed E-state index contributed by atoms with van der Waals surface area (Å²) < 4.78 is 5.67. The molecule has 1 heteroatoms. The first-order valence-electron chi connectivity index (χ1n) is 7.40. The van der Waals surface area contributed by atoms with Gasteiger partial charge in [-0.1, -0.05) is 55.5 Å². The minimum atomic E-state index is 0.181. The summed E-state index contributed by atoms with van der Waals surface area (Å²) in [4.78, 5) is 0. The van der Waals surface area contributed by atoms with E-state index in [1.54, 1.807) is 7.11 Å². The van der Waals surface area contributed by atoms with E-state index in [2.05, 4.69) is 62.4 Å². The Balaban J connectivity index is 2.03. The summed E-state index contributed by atoms with van der Waals surface area (Å²) in [5, 5.41) is 0. The van der Waals surface area contributed by atoms with Crippen LogP contribution < -0.4 is 0 Å². The minimum absolute atomic E-state index is 0.181. The molecule has 1 unspecified atom stereocenters. The molecule has 0 bridgehead atoms. The van der Waals surface area contributed by atoms with Crippen molar-refractivity contribution < 1.29 is 4.74 Å². The quantitative estimate of drug-likeness (QED) is 0.725. The molecular formula is C19H24O. The van der Waals surface area contributed by atoms with Crippen molar-refractivity contribution in [3.05, 3.63) is 70.8 Å². The predicted octanol–water partition coefficient (Wildman–Crippen LogP) is 4.88. The first-order valence-corrected chi connectivity index (χ1v) is 7.40. The Kier molecular flexibility index (Phi) is 5.37. The smallest absolute Gasteiger partial charge is 0.0824 e. The van der Waals surface area contributed by atoms with Crippen molar-refractivity contribution in [3.8, 4) is 0 Å². The van der Waals surface area contributed by atoms with Crippen molar-refractivity contribution in [2.75, 3.05) is 7.11 Å². The van der Waals surface area contributed by atoms with Gasteiger partial charge in [0.15, 0.2) is 0 Å². The largest absolute Gasteiger partial charge is 0.377 e. The molecule has 0 amide bonds. The van der Waals surface area contributed by atoms with Crippen molar-refractivity contribution in [2.24, 2.45) is 0 Å². The van der Waals surface area contributed by atoms with Crippen LogP contribution in [0.3, 0.4) is 0 Å². The lowest BCUT2D eigenvalue weighted by Crippen LogP contribution is -2.04. The Morgan fingerprint density at radius 1 is 1.00 bits per heavy atom. The van der Waals surface area contributed by atoms with Crippen LogP contribution in [0.15, 0.2) is 48.5 Å². The number of benzene rings is 2. The number of aryl methyl sites for hydroxylation is 3. The molecule has 1 atom stereocenters. The van der Waals surface area contributed by atoms with Gasteiger partial charge in [0.1, 0.15) is 0 Å². The summed E-state index contributed by atoms with van der Waals surface area (Å²) in [7, 11) is 1.80. The van der Waals surface area contributed by atoms with E-state index in [4.69, 9.17) is 4.74 Å². The van der Waals surface area contributed by atoms with Gasteiger partial charge in [0, 0.05) is 7.11 Å². The molecule has 20 heavy (non-hydrogen) atoms. The predicted molar refractivity (Wildman–Crippen MR) is 85.1 cm³/mol. The van der Waals surface area contributed by atoms with E-state index in [-0.39, 0.29) is 6.10 Å². The topological polar surface area (TPSA) is 9.23 Å². The van der Waals surface area contributed by atoms with Crippen LogP contribution >= 0.6 is 0 Å². The van der Waals surface area contributed by atoms with Crippen LogP contribution in [0.2, 0.25) is 0 Å². The van der Waals surface area contributed by atoms with Gasteiger partial charge in [0.25, 0.3) is 0 Å². The molecular weight excluding hydrogens is 244 g/mol. The van der Waals surface area contributed by atoms with Gasteiger partial charge in [0.2, 0.25) is 0 Å². The summed E-state index contributed by atoms with van der Waals surface area (Å²) in [6.07, 6.45) is 3.34. The molecule has 1 nitrogen and oxygen atoms in total. The number of hydrogen-bond donors (Lipinski definition) is 0. The van der Waals surface area contributed by atoms with E-state index in [0.717, 1.165) is 19.3 Å². The Bertz CT molecular complexity index is 528. The third-order valence-electron chi connectivity index (χ3n) is 3.98. The molecule has 0 aromatic heterocycles. The van der Waals surface area contributed by atoms with Crippen molar-refractivity contribution in [1.29, 1.82) is 0 Å². The highest BCUT2D eigenvalue weighted by Gasteiger charge is 2.11. The van der Waals surface area contributed by atoms with Crippen LogP contribution in [0.25, 0.3) is 0 Å². The van der Waals surface area contributed by atoms with Crippen LogP contribution in [-0.2, 0) is 17.6 Å². The molecule has 2 aromatic rings. The molecule has 0 fully saturated rings. The lowest BCUT2D eigenvalue weighted by molar-refractivity contribution is 0.0959. The number of hydrogen-bond acceptors (Lipinski definition) is 1. The number of methoxy groups -OCH3 is 1. The Labute approximate surface area is 122 Å². The van der Waals surface area contributed by atoms with Crippen LogP contribution in [0, 0.1) is 6.92 Å². The zero-order valence-corrected chi connectivity index (χ0v) is 12.7. The molecule has 0 radical (unpaired) electrons. The molecule has 0 saturated heterocycles. The van der Waals surface area contributed by atoms with Gasteiger partial charge in [-0.25, -0.2) is 0 Å². The van der Waals surface area contributed by atoms with Gasteiger partial charge >= 0.3 is 0 Å². The monoisotopic (exact) mass is 268 g/mol. The highest BCUT2D eigenvalue weighted by molar-refractivity contribution is 5.27. The third kappa shape index (κ3) is 3.71. The van der Waals surface area contributed by atoms with Crippen molar-refractivity contribution in [2.45, 2.75) is 39.2 Å². The second-order valence-corrected chi connectivity index (χ2v) is 5.28. The second kappa shape index (κ2) is 7.25. The molecule has 2 aromatic carbocycles. The summed E-state index contributed by atoms with van der Waals surface area (Å²) in [6, 6.07) is 17.4. The van der Waals surface area contributed by atoms with Crippen molar-refractivity contribution in [3.63, 3.8) is 0 Å². The van der Waals surface area contributed by atoms with Gasteiger partial charge in [-0.2, -0.15) is 0 Å². The highest BCUT2D eigenvalue weighted by Crippen LogP contribution is 2.24. The van der Waals surface area contributed by atoms with E-state index < -0.39 is 0 Å². The lowest BCUT2D eigenvalue weighted by Gasteiger charge is -2.17. The lowest BCUT2D eigenvalue weighted by atomic mass is 9.98. The van der Waals surface area contributed by atoms with E-state index >= 15 is 0 Å². The Hall–Kier alpha value is -1.60. The average Bonchev–Trinajstić information content (AvgIpc) is 2.50. The molecule has 0 N–H and O–H groups in total. The van der Waals surface area contributed by atoms with E-state index in [1.807, 2.05) is 0 Å². The van der Waals surface area contributed by atoms with E-state index in [0.29, 0.717) is 0 Å². The fraction of sp³-hybridized carbons (Fsp3) is 0.368. The van der Waals surface area contributed by atoms with Crippen LogP contribution in [0.1, 0.15) is 41.7 Å². The minimum Gasteiger partial charge on any atom is -0.377 e. The normalized spacial score (nSPS) is 12.3. The van der Waals surface area contributed by atoms with E-state index in [1.165, 1.54) is 22.3 Å². The molecule has 106 valence electrons. The van der Waals surface area contributed by atoms with Crippen LogP contribution in [0.5, 0.6) is 0 Å². The molecule has 0 heterocycles. The Morgan fingerprint density at radius 3 is 2.30 bits per heavy atom. The maximum absolute atomic E-state index is 5.67. The van der Waals surface area contributed by atoms with Gasteiger partial charge in [0.05, 0.1) is 6.10 Å². The summed E-state index contributed by atoms with van der Waals surface area (Å²) in [5.74, 6) is 0. The summed E-state index contributed by atoms with van der Waals surface area (Å²) >= 11 is 0. The number of ether oxygens (including phenoxy) is 1. The molecule has 0 spiro atoms. The molecule has 0 aliphatic rings. The first kappa shape index (κ1) is 14.8. The first-order chi connectivity index (χ1) is 9.74. The zero-order chi connectivity index (χ0) is 14.4. The van der Waals surface area contributed by atoms with E-state index in [9.17, 15) is 0 Å². The van der Waals surface area contributed by atoms with Crippen LogP contribution in [-0.4, -0.2) is 7.11 Å². The molecule has 0 saturated carbocycles. The van der Waals surface area contributed by atoms with Gasteiger partial charge in [-0.15, -0.1) is 0 Å². The standard InChI is InChI=1S/C19H24O/c1-4-16-9-11-18(12-10-16)19(20-3)14-13-17-8-6-5-7-15(17)2/h5-12,19H,4,13-14H2,1-3H3. The van der Waals surface area contributed by atoms with Gasteiger partial charge in [-0.05, 0) is 48.4 Å². The number of rotatable bonds is 6. The second-order valence-electron chi connectivity index (χ2n) is 5.28. The molecule has 0 aliphatic carbocycles. The molecule has 0 aliphatic heterocycles. The highest BCUT2D eigenvalue weighted by atomic mass is 16.5. The average molecular weight is 268 g/mol. The van der Waals surface area contributed by atoms with Gasteiger partial charge < -0.3 is 4.74 Å². The zero-order valence-electron chi connectivity index (χ0n) is 12.7. The fourth-order valence-corrected chi connectivity index (χ4v) is 2.57.